The minimum absolute atomic E-state index is 0.0335. The van der Waals surface area contributed by atoms with Crippen LogP contribution in [0.4, 0.5) is 0 Å². The number of amides is 1. The van der Waals surface area contributed by atoms with Crippen molar-refractivity contribution in [3.8, 4) is 11.5 Å². The molecule has 2 rings (SSSR count). The summed E-state index contributed by atoms with van der Waals surface area (Å²) in [6.45, 7) is 3.50. The van der Waals surface area contributed by atoms with Crippen LogP contribution in [0.1, 0.15) is 11.1 Å². The van der Waals surface area contributed by atoms with Crippen molar-refractivity contribution in [2.45, 2.75) is 13.3 Å². The molecule has 5 nitrogen and oxygen atoms in total. The van der Waals surface area contributed by atoms with Gasteiger partial charge in [-0.05, 0) is 36.6 Å². The van der Waals surface area contributed by atoms with Gasteiger partial charge in [0.2, 0.25) is 0 Å². The number of rotatable bonds is 9. The minimum Gasteiger partial charge on any atom is -0.493 e. The zero-order chi connectivity index (χ0) is 18.1. The van der Waals surface area contributed by atoms with Gasteiger partial charge in [-0.2, -0.15) is 0 Å². The van der Waals surface area contributed by atoms with Gasteiger partial charge in [-0.3, -0.25) is 4.79 Å². The predicted molar refractivity (Wildman–Crippen MR) is 99.0 cm³/mol. The second-order valence-electron chi connectivity index (χ2n) is 5.85. The highest BCUT2D eigenvalue weighted by molar-refractivity contribution is 5.78. The molecule has 2 N–H and O–H groups in total. The molecule has 0 aliphatic rings. The van der Waals surface area contributed by atoms with Gasteiger partial charge in [0.1, 0.15) is 0 Å². The van der Waals surface area contributed by atoms with Gasteiger partial charge in [0.25, 0.3) is 5.91 Å². The summed E-state index contributed by atoms with van der Waals surface area (Å²) in [4.78, 5) is 14.2. The number of hydrogen-bond donors (Lipinski definition) is 1. The van der Waals surface area contributed by atoms with E-state index in [2.05, 4.69) is 12.1 Å². The maximum absolute atomic E-state index is 12.5. The fourth-order valence-corrected chi connectivity index (χ4v) is 2.55. The van der Waals surface area contributed by atoms with Crippen molar-refractivity contribution >= 4 is 5.91 Å². The number of nitrogens with two attached hydrogens (primary N) is 1. The predicted octanol–water partition coefficient (Wildman–Crippen LogP) is 2.41. The van der Waals surface area contributed by atoms with Crippen molar-refractivity contribution in [1.82, 2.24) is 4.90 Å². The molecule has 0 radical (unpaired) electrons. The Morgan fingerprint density at radius 2 is 1.84 bits per heavy atom. The Hall–Kier alpha value is -2.53. The highest BCUT2D eigenvalue weighted by atomic mass is 16.5. The lowest BCUT2D eigenvalue weighted by molar-refractivity contribution is -0.133. The van der Waals surface area contributed by atoms with E-state index in [1.807, 2.05) is 43.3 Å². The first kappa shape index (κ1) is 18.8. The monoisotopic (exact) mass is 342 g/mol. The Morgan fingerprint density at radius 3 is 2.52 bits per heavy atom. The molecule has 0 bridgehead atoms. The molecule has 0 heterocycles. The van der Waals surface area contributed by atoms with Crippen molar-refractivity contribution in [1.29, 1.82) is 0 Å². The molecule has 0 saturated heterocycles. The lowest BCUT2D eigenvalue weighted by atomic mass is 10.1. The van der Waals surface area contributed by atoms with Crippen LogP contribution >= 0.6 is 0 Å². The number of methoxy groups -OCH3 is 1. The van der Waals surface area contributed by atoms with Crippen LogP contribution in [-0.4, -0.2) is 44.2 Å². The van der Waals surface area contributed by atoms with Crippen LogP contribution < -0.4 is 15.2 Å². The lowest BCUT2D eigenvalue weighted by Crippen LogP contribution is -2.39. The SMILES string of the molecule is COc1cc(C)ccc1OCC(=O)N(CCN)CCc1ccccc1. The van der Waals surface area contributed by atoms with E-state index in [1.54, 1.807) is 12.0 Å². The van der Waals surface area contributed by atoms with Crippen LogP contribution in [0, 0.1) is 6.92 Å². The van der Waals surface area contributed by atoms with E-state index in [0.29, 0.717) is 31.1 Å². The van der Waals surface area contributed by atoms with E-state index in [-0.39, 0.29) is 12.5 Å². The average molecular weight is 342 g/mol. The first-order valence-corrected chi connectivity index (χ1v) is 8.43. The number of carbonyl (C=O) groups is 1. The van der Waals surface area contributed by atoms with Crippen molar-refractivity contribution < 1.29 is 14.3 Å². The molecule has 0 aliphatic heterocycles. The van der Waals surface area contributed by atoms with Crippen molar-refractivity contribution in [3.63, 3.8) is 0 Å². The van der Waals surface area contributed by atoms with Crippen LogP contribution in [0.15, 0.2) is 48.5 Å². The molecule has 0 atom stereocenters. The van der Waals surface area contributed by atoms with Crippen LogP contribution in [0.3, 0.4) is 0 Å². The maximum Gasteiger partial charge on any atom is 0.260 e. The summed E-state index contributed by atoms with van der Waals surface area (Å²) in [7, 11) is 1.59. The Kier molecular flexibility index (Phi) is 7.29. The van der Waals surface area contributed by atoms with Gasteiger partial charge in [0.05, 0.1) is 7.11 Å². The second-order valence-corrected chi connectivity index (χ2v) is 5.85. The fourth-order valence-electron chi connectivity index (χ4n) is 2.55. The van der Waals surface area contributed by atoms with Gasteiger partial charge in [0, 0.05) is 19.6 Å². The Labute approximate surface area is 149 Å². The quantitative estimate of drug-likeness (QED) is 0.760. The second kappa shape index (κ2) is 9.69. The molecule has 0 spiro atoms. The van der Waals surface area contributed by atoms with Crippen molar-refractivity contribution in [3.05, 3.63) is 59.7 Å². The Balaban J connectivity index is 1.93. The smallest absolute Gasteiger partial charge is 0.260 e. The number of aryl methyl sites for hydroxylation is 1. The molecular formula is C20H26N2O3. The maximum atomic E-state index is 12.5. The Morgan fingerprint density at radius 1 is 1.08 bits per heavy atom. The minimum atomic E-state index is -0.0796. The van der Waals surface area contributed by atoms with E-state index in [1.165, 1.54) is 5.56 Å². The topological polar surface area (TPSA) is 64.8 Å². The van der Waals surface area contributed by atoms with E-state index in [4.69, 9.17) is 15.2 Å². The average Bonchev–Trinajstić information content (AvgIpc) is 2.64. The van der Waals surface area contributed by atoms with E-state index < -0.39 is 0 Å². The van der Waals surface area contributed by atoms with Crippen LogP contribution in [0.5, 0.6) is 11.5 Å². The fraction of sp³-hybridized carbons (Fsp3) is 0.350. The molecule has 25 heavy (non-hydrogen) atoms. The first-order chi connectivity index (χ1) is 12.1. The van der Waals surface area contributed by atoms with E-state index >= 15 is 0 Å². The van der Waals surface area contributed by atoms with Gasteiger partial charge in [-0.15, -0.1) is 0 Å². The number of ether oxygens (including phenoxy) is 2. The lowest BCUT2D eigenvalue weighted by Gasteiger charge is -2.22. The number of carbonyl (C=O) groups excluding carboxylic acids is 1. The largest absolute Gasteiger partial charge is 0.493 e. The molecule has 0 aromatic heterocycles. The molecule has 0 fully saturated rings. The van der Waals surface area contributed by atoms with Crippen LogP contribution in [-0.2, 0) is 11.2 Å². The van der Waals surface area contributed by atoms with Crippen LogP contribution in [0.2, 0.25) is 0 Å². The molecule has 134 valence electrons. The summed E-state index contributed by atoms with van der Waals surface area (Å²) < 4.78 is 11.0. The van der Waals surface area contributed by atoms with Crippen molar-refractivity contribution in [2.75, 3.05) is 33.4 Å². The van der Waals surface area contributed by atoms with Gasteiger partial charge in [0.15, 0.2) is 18.1 Å². The summed E-state index contributed by atoms with van der Waals surface area (Å²) in [5.41, 5.74) is 7.92. The third kappa shape index (κ3) is 5.80. The van der Waals surface area contributed by atoms with Crippen molar-refractivity contribution in [2.24, 2.45) is 5.73 Å². The van der Waals surface area contributed by atoms with Gasteiger partial charge < -0.3 is 20.1 Å². The normalized spacial score (nSPS) is 10.4. The Bertz CT molecular complexity index is 674. The van der Waals surface area contributed by atoms with Gasteiger partial charge in [-0.25, -0.2) is 0 Å². The zero-order valence-corrected chi connectivity index (χ0v) is 14.9. The summed E-state index contributed by atoms with van der Waals surface area (Å²) in [5, 5.41) is 0. The van der Waals surface area contributed by atoms with Crippen LogP contribution in [0.25, 0.3) is 0 Å². The zero-order valence-electron chi connectivity index (χ0n) is 14.9. The van der Waals surface area contributed by atoms with E-state index in [9.17, 15) is 4.79 Å². The molecule has 5 heteroatoms. The number of hydrogen-bond acceptors (Lipinski definition) is 4. The number of nitrogens with zero attached hydrogens (tertiary/aromatic N) is 1. The molecule has 1 amide bonds. The molecule has 2 aromatic rings. The highest BCUT2D eigenvalue weighted by Gasteiger charge is 2.15. The third-order valence-corrected chi connectivity index (χ3v) is 3.94. The summed E-state index contributed by atoms with van der Waals surface area (Å²) >= 11 is 0. The van der Waals surface area contributed by atoms with E-state index in [0.717, 1.165) is 12.0 Å². The molecule has 0 saturated carbocycles. The van der Waals surface area contributed by atoms with Gasteiger partial charge >= 0.3 is 0 Å². The standard InChI is InChI=1S/C20H26N2O3/c1-16-8-9-18(19(14-16)24-2)25-15-20(23)22(13-11-21)12-10-17-6-4-3-5-7-17/h3-9,14H,10-13,15,21H2,1-2H3. The molecule has 0 aliphatic carbocycles. The third-order valence-electron chi connectivity index (χ3n) is 3.94. The number of benzene rings is 2. The molecular weight excluding hydrogens is 316 g/mol. The molecule has 0 unspecified atom stereocenters. The summed E-state index contributed by atoms with van der Waals surface area (Å²) in [6.07, 6.45) is 0.792. The van der Waals surface area contributed by atoms with Gasteiger partial charge in [-0.1, -0.05) is 36.4 Å². The summed E-state index contributed by atoms with van der Waals surface area (Å²) in [5.74, 6) is 1.11. The molecule has 2 aromatic carbocycles. The highest BCUT2D eigenvalue weighted by Crippen LogP contribution is 2.27. The first-order valence-electron chi connectivity index (χ1n) is 8.43. The summed E-state index contributed by atoms with van der Waals surface area (Å²) in [6, 6.07) is 15.7.